The molecule has 0 N–H and O–H groups in total. The van der Waals surface area contributed by atoms with Crippen LogP contribution in [0.1, 0.15) is 72.6 Å². The van der Waals surface area contributed by atoms with Crippen molar-refractivity contribution in [3.05, 3.63) is 11.6 Å². The molecule has 0 bridgehead atoms. The van der Waals surface area contributed by atoms with Gasteiger partial charge in [0.25, 0.3) is 0 Å². The summed E-state index contributed by atoms with van der Waals surface area (Å²) in [6.07, 6.45) is 11.6. The molecule has 0 aromatic heterocycles. The zero-order chi connectivity index (χ0) is 15.7. The minimum absolute atomic E-state index is 0.00421. The quantitative estimate of drug-likeness (QED) is 0.547. The fraction of sp³-hybridized carbons (Fsp3) is 0.857. The highest BCUT2D eigenvalue weighted by molar-refractivity contribution is 5.89. The second kappa shape index (κ2) is 4.71. The van der Waals surface area contributed by atoms with E-state index in [1.807, 2.05) is 0 Å². The summed E-state index contributed by atoms with van der Waals surface area (Å²) >= 11 is 0. The lowest BCUT2D eigenvalue weighted by Gasteiger charge is -2.57. The van der Waals surface area contributed by atoms with Crippen LogP contribution in [-0.2, 0) is 4.79 Å². The molecule has 0 aliphatic heterocycles. The number of hydrogen-bond acceptors (Lipinski definition) is 1. The molecule has 4 aliphatic carbocycles. The molecule has 4 aliphatic rings. The molecule has 0 saturated heterocycles. The van der Waals surface area contributed by atoms with Gasteiger partial charge in [0.2, 0.25) is 0 Å². The second-order valence-corrected chi connectivity index (χ2v) is 9.56. The van der Waals surface area contributed by atoms with Crippen molar-refractivity contribution in [2.75, 3.05) is 0 Å². The van der Waals surface area contributed by atoms with Gasteiger partial charge in [-0.15, -0.1) is 0 Å². The largest absolute Gasteiger partial charge is 0.299 e. The first-order valence-electron chi connectivity index (χ1n) is 9.60. The van der Waals surface area contributed by atoms with E-state index in [0.29, 0.717) is 23.0 Å². The van der Waals surface area contributed by atoms with Gasteiger partial charge in [0, 0.05) is 11.3 Å². The van der Waals surface area contributed by atoms with Gasteiger partial charge in [0.15, 0.2) is 0 Å². The SMILES string of the molecule is C[C@H]1CC[C@@]2(C)C(=CC[C@@H]3[C@@H]2CC[C@]2(C)C(=O)[C@H](C)C[C@@H]32)C1. The lowest BCUT2D eigenvalue weighted by Crippen LogP contribution is -2.50. The second-order valence-electron chi connectivity index (χ2n) is 9.56. The standard InChI is InChI=1S/C21H32O/c1-13-7-9-20(3)15(11-13)5-6-16-17(20)8-10-21(4)18(16)12-14(2)19(21)22/h5,13-14,16-18H,6-12H2,1-4H3/t13-,14+,16+,17-,18-,20-,21-/m0/s1. The number of carbonyl (C=O) groups is 1. The van der Waals surface area contributed by atoms with Crippen LogP contribution in [0.4, 0.5) is 0 Å². The normalized spacial score (nSPS) is 54.3. The molecular weight excluding hydrogens is 268 g/mol. The van der Waals surface area contributed by atoms with Crippen molar-refractivity contribution in [1.29, 1.82) is 0 Å². The minimum atomic E-state index is 0.00421. The van der Waals surface area contributed by atoms with Gasteiger partial charge >= 0.3 is 0 Å². The van der Waals surface area contributed by atoms with Crippen LogP contribution in [0.2, 0.25) is 0 Å². The van der Waals surface area contributed by atoms with E-state index in [4.69, 9.17) is 0 Å². The molecule has 0 spiro atoms. The van der Waals surface area contributed by atoms with Gasteiger partial charge in [-0.1, -0.05) is 39.3 Å². The minimum Gasteiger partial charge on any atom is -0.299 e. The van der Waals surface area contributed by atoms with E-state index >= 15 is 0 Å². The highest BCUT2D eigenvalue weighted by Crippen LogP contribution is 2.64. The molecule has 0 aromatic rings. The Morgan fingerprint density at radius 1 is 1.05 bits per heavy atom. The zero-order valence-electron chi connectivity index (χ0n) is 14.8. The fourth-order valence-corrected chi connectivity index (χ4v) is 6.95. The van der Waals surface area contributed by atoms with Crippen molar-refractivity contribution in [3.63, 3.8) is 0 Å². The van der Waals surface area contributed by atoms with Crippen LogP contribution < -0.4 is 0 Å². The van der Waals surface area contributed by atoms with Crippen molar-refractivity contribution in [2.45, 2.75) is 72.6 Å². The summed E-state index contributed by atoms with van der Waals surface area (Å²) in [5, 5.41) is 0. The fourth-order valence-electron chi connectivity index (χ4n) is 6.95. The molecule has 3 fully saturated rings. The van der Waals surface area contributed by atoms with Gasteiger partial charge in [0.05, 0.1) is 0 Å². The molecule has 22 heavy (non-hydrogen) atoms. The third kappa shape index (κ3) is 1.80. The first kappa shape index (κ1) is 15.0. The van der Waals surface area contributed by atoms with Crippen LogP contribution >= 0.6 is 0 Å². The molecule has 7 atom stereocenters. The molecule has 0 heterocycles. The van der Waals surface area contributed by atoms with Crippen LogP contribution in [0.25, 0.3) is 0 Å². The van der Waals surface area contributed by atoms with E-state index in [9.17, 15) is 4.79 Å². The maximum Gasteiger partial charge on any atom is 0.141 e. The lowest BCUT2D eigenvalue weighted by molar-refractivity contribution is -0.133. The Kier molecular flexibility index (Phi) is 3.20. The average Bonchev–Trinajstić information content (AvgIpc) is 2.72. The first-order chi connectivity index (χ1) is 10.4. The Hall–Kier alpha value is -0.590. The van der Waals surface area contributed by atoms with Gasteiger partial charge in [-0.05, 0) is 74.0 Å². The lowest BCUT2D eigenvalue weighted by atomic mass is 9.47. The summed E-state index contributed by atoms with van der Waals surface area (Å²) in [7, 11) is 0. The van der Waals surface area contributed by atoms with Crippen LogP contribution in [0, 0.1) is 40.4 Å². The molecule has 0 amide bonds. The van der Waals surface area contributed by atoms with Crippen LogP contribution in [0.15, 0.2) is 11.6 Å². The maximum absolute atomic E-state index is 12.7. The molecule has 1 heteroatoms. The molecule has 4 rings (SSSR count). The van der Waals surface area contributed by atoms with E-state index in [0.717, 1.165) is 30.6 Å². The number of fused-ring (bicyclic) bond motifs is 5. The predicted molar refractivity (Wildman–Crippen MR) is 90.4 cm³/mol. The number of Topliss-reactive ketones (excluding diaryl/α,β-unsaturated/α-hetero) is 1. The number of rotatable bonds is 0. The molecule has 122 valence electrons. The van der Waals surface area contributed by atoms with Crippen molar-refractivity contribution in [3.8, 4) is 0 Å². The maximum atomic E-state index is 12.7. The van der Waals surface area contributed by atoms with Gasteiger partial charge in [-0.25, -0.2) is 0 Å². The molecular formula is C21H32O. The highest BCUT2D eigenvalue weighted by Gasteiger charge is 2.60. The van der Waals surface area contributed by atoms with Gasteiger partial charge in [0.1, 0.15) is 5.78 Å². The smallest absolute Gasteiger partial charge is 0.141 e. The van der Waals surface area contributed by atoms with Crippen LogP contribution in [-0.4, -0.2) is 5.78 Å². The van der Waals surface area contributed by atoms with Crippen molar-refractivity contribution in [1.82, 2.24) is 0 Å². The van der Waals surface area contributed by atoms with E-state index < -0.39 is 0 Å². The summed E-state index contributed by atoms with van der Waals surface area (Å²) < 4.78 is 0. The summed E-state index contributed by atoms with van der Waals surface area (Å²) in [5.74, 6) is 4.03. The third-order valence-corrected chi connectivity index (χ3v) is 8.36. The molecule has 3 saturated carbocycles. The number of ketones is 1. The van der Waals surface area contributed by atoms with Crippen LogP contribution in [0.3, 0.4) is 0 Å². The topological polar surface area (TPSA) is 17.1 Å². The number of hydrogen-bond donors (Lipinski definition) is 0. The molecule has 0 unspecified atom stereocenters. The third-order valence-electron chi connectivity index (χ3n) is 8.36. The van der Waals surface area contributed by atoms with Crippen molar-refractivity contribution < 1.29 is 4.79 Å². The summed E-state index contributed by atoms with van der Waals surface area (Å²) in [6, 6.07) is 0. The monoisotopic (exact) mass is 300 g/mol. The van der Waals surface area contributed by atoms with Gasteiger partial charge in [-0.2, -0.15) is 0 Å². The van der Waals surface area contributed by atoms with E-state index in [-0.39, 0.29) is 5.41 Å². The Bertz CT molecular complexity index is 532. The summed E-state index contributed by atoms with van der Waals surface area (Å²) in [6.45, 7) is 9.45. The van der Waals surface area contributed by atoms with E-state index in [1.165, 1.54) is 32.1 Å². The van der Waals surface area contributed by atoms with Crippen molar-refractivity contribution in [2.24, 2.45) is 40.4 Å². The van der Waals surface area contributed by atoms with E-state index in [2.05, 4.69) is 33.8 Å². The average molecular weight is 300 g/mol. The summed E-state index contributed by atoms with van der Waals surface area (Å²) in [5.41, 5.74) is 2.23. The van der Waals surface area contributed by atoms with Gasteiger partial charge < -0.3 is 0 Å². The molecule has 0 radical (unpaired) electrons. The molecule has 1 nitrogen and oxygen atoms in total. The predicted octanol–water partition coefficient (Wildman–Crippen LogP) is 5.40. The van der Waals surface area contributed by atoms with E-state index in [1.54, 1.807) is 5.57 Å². The molecule has 0 aromatic carbocycles. The Balaban J connectivity index is 1.70. The number of carbonyl (C=O) groups excluding carboxylic acids is 1. The Labute approximate surface area is 135 Å². The first-order valence-corrected chi connectivity index (χ1v) is 9.60. The Morgan fingerprint density at radius 3 is 2.55 bits per heavy atom. The van der Waals surface area contributed by atoms with Crippen molar-refractivity contribution >= 4 is 5.78 Å². The Morgan fingerprint density at radius 2 is 1.77 bits per heavy atom. The zero-order valence-corrected chi connectivity index (χ0v) is 14.8. The van der Waals surface area contributed by atoms with Gasteiger partial charge in [-0.3, -0.25) is 4.79 Å². The summed E-state index contributed by atoms with van der Waals surface area (Å²) in [4.78, 5) is 12.7. The highest BCUT2D eigenvalue weighted by atomic mass is 16.1. The van der Waals surface area contributed by atoms with Crippen LogP contribution in [0.5, 0.6) is 0 Å². The number of allylic oxidation sites excluding steroid dienone is 2.